The fourth-order valence-electron chi connectivity index (χ4n) is 1.71. The highest BCUT2D eigenvalue weighted by atomic mass is 19.4. The van der Waals surface area contributed by atoms with Gasteiger partial charge in [-0.3, -0.25) is 0 Å². The summed E-state index contributed by atoms with van der Waals surface area (Å²) in [5.74, 6) is -26.1. The number of alkyl halides is 9. The van der Waals surface area contributed by atoms with Crippen LogP contribution in [0.25, 0.3) is 0 Å². The fourth-order valence-corrected chi connectivity index (χ4v) is 1.71. The van der Waals surface area contributed by atoms with Gasteiger partial charge in [0.1, 0.15) is 5.75 Å². The fraction of sp³-hybridized carbons (Fsp3) is 0.400. The summed E-state index contributed by atoms with van der Waals surface area (Å²) >= 11 is 0. The van der Waals surface area contributed by atoms with Crippen LogP contribution < -0.4 is 4.74 Å². The lowest BCUT2D eigenvalue weighted by molar-refractivity contribution is -0.392. The topological polar surface area (TPSA) is 80.5 Å². The first-order valence-electron chi connectivity index (χ1n) is 7.32. The van der Waals surface area contributed by atoms with Gasteiger partial charge in [0, 0.05) is 0 Å². The standard InChI is InChI=1S/C15H11F9N2O4/c1-29-8-5-3-7(4-6-8)25-26-9(11(28)30-2)10(27)12(16,17)13(18,19)14(20,21)15(22,23)24/h3-6,27H,1-2H3/b10-9+,26-25?. The summed E-state index contributed by atoms with van der Waals surface area (Å²) in [5.41, 5.74) is -2.36. The molecule has 0 unspecified atom stereocenters. The largest absolute Gasteiger partial charge is 0.504 e. The number of halogens is 9. The van der Waals surface area contributed by atoms with Crippen LogP contribution in [0, 0.1) is 0 Å². The lowest BCUT2D eigenvalue weighted by Crippen LogP contribution is -2.61. The Balaban J connectivity index is 3.53. The van der Waals surface area contributed by atoms with Gasteiger partial charge in [0.2, 0.25) is 11.5 Å². The number of carbonyl (C=O) groups is 1. The van der Waals surface area contributed by atoms with Crippen molar-refractivity contribution in [3.05, 3.63) is 35.7 Å². The molecule has 0 aliphatic heterocycles. The summed E-state index contributed by atoms with van der Waals surface area (Å²) < 4.78 is 126. The van der Waals surface area contributed by atoms with Crippen molar-refractivity contribution in [1.82, 2.24) is 0 Å². The van der Waals surface area contributed by atoms with E-state index in [0.717, 1.165) is 12.1 Å². The van der Waals surface area contributed by atoms with Crippen molar-refractivity contribution in [2.75, 3.05) is 14.2 Å². The molecule has 1 N–H and O–H groups in total. The average molecular weight is 454 g/mol. The Kier molecular flexibility index (Phi) is 7.01. The van der Waals surface area contributed by atoms with Gasteiger partial charge in [0.05, 0.1) is 19.9 Å². The first-order chi connectivity index (χ1) is 13.5. The monoisotopic (exact) mass is 454 g/mol. The van der Waals surface area contributed by atoms with E-state index in [4.69, 9.17) is 4.74 Å². The van der Waals surface area contributed by atoms with Gasteiger partial charge in [0.25, 0.3) is 0 Å². The normalized spacial score (nSPS) is 14.5. The van der Waals surface area contributed by atoms with E-state index in [1.807, 2.05) is 0 Å². The number of hydrogen-bond donors (Lipinski definition) is 1. The van der Waals surface area contributed by atoms with Crippen molar-refractivity contribution in [2.24, 2.45) is 10.2 Å². The number of benzene rings is 1. The smallest absolute Gasteiger partial charge is 0.460 e. The number of nitrogens with zero attached hydrogens (tertiary/aromatic N) is 2. The Morgan fingerprint density at radius 2 is 1.40 bits per heavy atom. The predicted octanol–water partition coefficient (Wildman–Crippen LogP) is 5.19. The number of allylic oxidation sites excluding steroid dienone is 1. The molecule has 0 radical (unpaired) electrons. The van der Waals surface area contributed by atoms with Gasteiger partial charge in [-0.05, 0) is 24.3 Å². The number of methoxy groups -OCH3 is 2. The molecule has 1 rings (SSSR count). The van der Waals surface area contributed by atoms with Crippen molar-refractivity contribution in [3.8, 4) is 5.75 Å². The first-order valence-corrected chi connectivity index (χ1v) is 7.32. The van der Waals surface area contributed by atoms with Crippen LogP contribution >= 0.6 is 0 Å². The van der Waals surface area contributed by atoms with E-state index in [1.165, 1.54) is 19.2 Å². The maximum absolute atomic E-state index is 13.8. The third-order valence-corrected chi connectivity index (χ3v) is 3.38. The zero-order valence-electron chi connectivity index (χ0n) is 14.8. The second-order valence-electron chi connectivity index (χ2n) is 5.31. The molecule has 0 amide bonds. The Labute approximate surface area is 161 Å². The van der Waals surface area contributed by atoms with Gasteiger partial charge < -0.3 is 14.6 Å². The lowest BCUT2D eigenvalue weighted by Gasteiger charge is -2.33. The molecule has 0 atom stereocenters. The Bertz CT molecular complexity index is 834. The highest BCUT2D eigenvalue weighted by molar-refractivity contribution is 5.88. The molecule has 0 saturated carbocycles. The number of hydrogen-bond acceptors (Lipinski definition) is 6. The van der Waals surface area contributed by atoms with Gasteiger partial charge >= 0.3 is 29.9 Å². The summed E-state index contributed by atoms with van der Waals surface area (Å²) in [6.45, 7) is 0. The number of ether oxygens (including phenoxy) is 2. The lowest BCUT2D eigenvalue weighted by atomic mass is 10.0. The molecule has 0 bridgehead atoms. The number of carbonyl (C=O) groups excluding carboxylic acids is 1. The average Bonchev–Trinajstić information content (AvgIpc) is 2.66. The van der Waals surface area contributed by atoms with Gasteiger partial charge in [0.15, 0.2) is 0 Å². The van der Waals surface area contributed by atoms with Crippen LogP contribution in [-0.4, -0.2) is 49.2 Å². The molecule has 0 aromatic heterocycles. The van der Waals surface area contributed by atoms with Crippen LogP contribution in [0.1, 0.15) is 0 Å². The van der Waals surface area contributed by atoms with Crippen LogP contribution in [0.5, 0.6) is 5.75 Å². The highest BCUT2D eigenvalue weighted by Gasteiger charge is 2.83. The summed E-state index contributed by atoms with van der Waals surface area (Å²) in [6, 6.07) is 4.72. The summed E-state index contributed by atoms with van der Waals surface area (Å²) in [6.07, 6.45) is -7.11. The molecule has 0 aliphatic carbocycles. The Morgan fingerprint density at radius 1 is 0.900 bits per heavy atom. The van der Waals surface area contributed by atoms with Crippen LogP contribution in [0.15, 0.2) is 46.0 Å². The molecule has 168 valence electrons. The molecule has 6 nitrogen and oxygen atoms in total. The molecule has 0 spiro atoms. The second kappa shape index (κ2) is 8.39. The van der Waals surface area contributed by atoms with Crippen LogP contribution in [0.2, 0.25) is 0 Å². The van der Waals surface area contributed by atoms with Gasteiger partial charge in [-0.2, -0.15) is 44.6 Å². The van der Waals surface area contributed by atoms with Gasteiger partial charge in [-0.15, -0.1) is 5.11 Å². The van der Waals surface area contributed by atoms with E-state index in [0.29, 0.717) is 7.11 Å². The van der Waals surface area contributed by atoms with Crippen molar-refractivity contribution in [3.63, 3.8) is 0 Å². The van der Waals surface area contributed by atoms with Crippen molar-refractivity contribution in [1.29, 1.82) is 0 Å². The maximum atomic E-state index is 13.8. The minimum Gasteiger partial charge on any atom is -0.504 e. The zero-order chi connectivity index (χ0) is 23.5. The molecule has 30 heavy (non-hydrogen) atoms. The van der Waals surface area contributed by atoms with E-state index < -0.39 is 41.4 Å². The number of rotatable bonds is 7. The second-order valence-corrected chi connectivity index (χ2v) is 5.31. The number of aliphatic hydroxyl groups is 1. The van der Waals surface area contributed by atoms with Gasteiger partial charge in [-0.25, -0.2) is 4.79 Å². The number of esters is 1. The van der Waals surface area contributed by atoms with Crippen molar-refractivity contribution >= 4 is 11.7 Å². The maximum Gasteiger partial charge on any atom is 0.460 e. The van der Waals surface area contributed by atoms with Crippen LogP contribution in [0.4, 0.5) is 45.2 Å². The van der Waals surface area contributed by atoms with Crippen LogP contribution in [0.3, 0.4) is 0 Å². The molecule has 0 aliphatic rings. The molecule has 1 aromatic carbocycles. The molecular weight excluding hydrogens is 443 g/mol. The third-order valence-electron chi connectivity index (χ3n) is 3.38. The van der Waals surface area contributed by atoms with Crippen molar-refractivity contribution < 1.29 is 58.9 Å². The van der Waals surface area contributed by atoms with Gasteiger partial charge in [-0.1, -0.05) is 0 Å². The third kappa shape index (κ3) is 4.43. The van der Waals surface area contributed by atoms with E-state index in [2.05, 4.69) is 15.0 Å². The SMILES string of the molecule is COC(=O)/C(N=Nc1ccc(OC)cc1)=C(\O)C(F)(F)C(F)(F)C(F)(F)C(F)(F)F. The minimum atomic E-state index is -7.29. The zero-order valence-corrected chi connectivity index (χ0v) is 14.8. The summed E-state index contributed by atoms with van der Waals surface area (Å²) in [5, 5.41) is 15.2. The highest BCUT2D eigenvalue weighted by Crippen LogP contribution is 2.55. The Hall–Kier alpha value is -3.00. The molecule has 1 aromatic rings. The van der Waals surface area contributed by atoms with Crippen LogP contribution in [-0.2, 0) is 9.53 Å². The van der Waals surface area contributed by atoms with Crippen molar-refractivity contribution in [2.45, 2.75) is 23.9 Å². The predicted molar refractivity (Wildman–Crippen MR) is 80.1 cm³/mol. The molecule has 15 heteroatoms. The molecule has 0 heterocycles. The molecular formula is C15H11F9N2O4. The van der Waals surface area contributed by atoms with E-state index in [9.17, 15) is 49.4 Å². The molecule has 0 fully saturated rings. The summed E-state index contributed by atoms with van der Waals surface area (Å²) in [4.78, 5) is 11.5. The first kappa shape index (κ1) is 25.0. The molecule has 0 saturated heterocycles. The quantitative estimate of drug-likeness (QED) is 0.202. The van der Waals surface area contributed by atoms with E-state index >= 15 is 0 Å². The van der Waals surface area contributed by atoms with E-state index in [1.54, 1.807) is 0 Å². The minimum absolute atomic E-state index is 0.235. The number of aliphatic hydroxyl groups excluding tert-OH is 1. The van der Waals surface area contributed by atoms with E-state index in [-0.39, 0.29) is 11.4 Å². The number of azo groups is 1. The Morgan fingerprint density at radius 3 is 1.80 bits per heavy atom. The summed E-state index contributed by atoms with van der Waals surface area (Å²) in [7, 11) is 1.78.